The first-order chi connectivity index (χ1) is 9.88. The summed E-state index contributed by atoms with van der Waals surface area (Å²) in [4.78, 5) is 9.18. The van der Waals surface area contributed by atoms with Crippen LogP contribution in [-0.4, -0.2) is 26.3 Å². The quantitative estimate of drug-likeness (QED) is 0.885. The van der Waals surface area contributed by atoms with Crippen LogP contribution in [0.2, 0.25) is 0 Å². The Labute approximate surface area is 126 Å². The summed E-state index contributed by atoms with van der Waals surface area (Å²) >= 11 is 0. The summed E-state index contributed by atoms with van der Waals surface area (Å²) in [6.45, 7) is 9.87. The van der Waals surface area contributed by atoms with Gasteiger partial charge in [-0.05, 0) is 13.0 Å². The van der Waals surface area contributed by atoms with Gasteiger partial charge in [0.1, 0.15) is 17.5 Å². The van der Waals surface area contributed by atoms with Crippen LogP contribution in [0.1, 0.15) is 39.2 Å². The summed E-state index contributed by atoms with van der Waals surface area (Å²) in [5.41, 5.74) is 0.894. The maximum absolute atomic E-state index is 4.61. The van der Waals surface area contributed by atoms with Crippen molar-refractivity contribution in [3.63, 3.8) is 0 Å². The van der Waals surface area contributed by atoms with E-state index >= 15 is 0 Å². The van der Waals surface area contributed by atoms with Crippen LogP contribution >= 0.6 is 0 Å². The van der Waals surface area contributed by atoms with Crippen molar-refractivity contribution in [1.82, 2.24) is 19.7 Å². The molecule has 0 aromatic carbocycles. The summed E-state index contributed by atoms with van der Waals surface area (Å²) < 4.78 is 1.79. The van der Waals surface area contributed by atoms with Gasteiger partial charge in [0, 0.05) is 31.3 Å². The van der Waals surface area contributed by atoms with Crippen LogP contribution in [0.15, 0.2) is 18.3 Å². The summed E-state index contributed by atoms with van der Waals surface area (Å²) in [6.07, 6.45) is 1.93. The van der Waals surface area contributed by atoms with E-state index < -0.39 is 0 Å². The van der Waals surface area contributed by atoms with E-state index in [0.29, 0.717) is 6.54 Å². The van der Waals surface area contributed by atoms with Crippen molar-refractivity contribution in [2.45, 2.75) is 39.7 Å². The van der Waals surface area contributed by atoms with Gasteiger partial charge in [-0.15, -0.1) is 0 Å². The van der Waals surface area contributed by atoms with Crippen LogP contribution in [0.3, 0.4) is 0 Å². The Morgan fingerprint density at radius 3 is 2.33 bits per heavy atom. The molecule has 2 heterocycles. The van der Waals surface area contributed by atoms with Gasteiger partial charge in [-0.25, -0.2) is 9.97 Å². The van der Waals surface area contributed by atoms with Crippen LogP contribution in [0, 0.1) is 0 Å². The zero-order chi connectivity index (χ0) is 15.5. The molecule has 6 nitrogen and oxygen atoms in total. The fraction of sp³-hybridized carbons (Fsp3) is 0.533. The molecule has 2 aromatic rings. The van der Waals surface area contributed by atoms with Crippen LogP contribution in [0.4, 0.5) is 11.6 Å². The van der Waals surface area contributed by atoms with Crippen molar-refractivity contribution in [1.29, 1.82) is 0 Å². The fourth-order valence-electron chi connectivity index (χ4n) is 1.88. The predicted molar refractivity (Wildman–Crippen MR) is 85.4 cm³/mol. The average Bonchev–Trinajstić information content (AvgIpc) is 2.81. The number of hydrogen-bond acceptors (Lipinski definition) is 5. The smallest absolute Gasteiger partial charge is 0.138 e. The number of hydrogen-bond donors (Lipinski definition) is 2. The maximum Gasteiger partial charge on any atom is 0.138 e. The number of nitrogens with zero attached hydrogens (tertiary/aromatic N) is 4. The van der Waals surface area contributed by atoms with E-state index in [0.717, 1.165) is 29.7 Å². The van der Waals surface area contributed by atoms with E-state index in [1.807, 2.05) is 25.4 Å². The van der Waals surface area contributed by atoms with Gasteiger partial charge in [0.15, 0.2) is 0 Å². The lowest BCUT2D eigenvalue weighted by molar-refractivity contribution is 0.546. The zero-order valence-electron chi connectivity index (χ0n) is 13.4. The molecule has 2 N–H and O–H groups in total. The lowest BCUT2D eigenvalue weighted by Crippen LogP contribution is -2.18. The van der Waals surface area contributed by atoms with Gasteiger partial charge in [0.2, 0.25) is 0 Å². The van der Waals surface area contributed by atoms with Crippen LogP contribution in [0.25, 0.3) is 0 Å². The highest BCUT2D eigenvalue weighted by atomic mass is 15.3. The highest BCUT2D eigenvalue weighted by Crippen LogP contribution is 2.22. The van der Waals surface area contributed by atoms with E-state index in [4.69, 9.17) is 0 Å². The number of rotatable bonds is 5. The van der Waals surface area contributed by atoms with Gasteiger partial charge in [0.05, 0.1) is 12.2 Å². The highest BCUT2D eigenvalue weighted by Gasteiger charge is 2.19. The van der Waals surface area contributed by atoms with Gasteiger partial charge in [0.25, 0.3) is 0 Å². The van der Waals surface area contributed by atoms with Crippen molar-refractivity contribution in [3.8, 4) is 0 Å². The molecule has 0 spiro atoms. The molecule has 6 heteroatoms. The lowest BCUT2D eigenvalue weighted by Gasteiger charge is -2.19. The molecule has 0 saturated heterocycles. The number of anilines is 2. The van der Waals surface area contributed by atoms with Gasteiger partial charge in [-0.1, -0.05) is 20.8 Å². The van der Waals surface area contributed by atoms with Gasteiger partial charge >= 0.3 is 0 Å². The Morgan fingerprint density at radius 1 is 1.14 bits per heavy atom. The molecule has 0 aliphatic rings. The molecule has 0 amide bonds. The van der Waals surface area contributed by atoms with Crippen molar-refractivity contribution in [3.05, 3.63) is 29.8 Å². The second kappa shape index (κ2) is 6.11. The Kier molecular flexibility index (Phi) is 4.45. The molecule has 0 aliphatic heterocycles. The minimum Gasteiger partial charge on any atom is -0.370 e. The topological polar surface area (TPSA) is 67.7 Å². The molecule has 0 fully saturated rings. The standard InChI is InChI=1S/C15H24N6/c1-6-16-12-9-13(19-14(18-12)15(2,3)4)17-10-11-7-8-21(5)20-11/h7-9H,6,10H2,1-5H3,(H2,16,17,18,19). The van der Waals surface area contributed by atoms with E-state index in [-0.39, 0.29) is 5.41 Å². The second-order valence-corrected chi connectivity index (χ2v) is 6.08. The molecule has 0 bridgehead atoms. The maximum atomic E-state index is 4.61. The summed E-state index contributed by atoms with van der Waals surface area (Å²) in [5, 5.41) is 10.9. The molecule has 0 atom stereocenters. The van der Waals surface area contributed by atoms with Crippen LogP contribution in [-0.2, 0) is 19.0 Å². The first-order valence-electron chi connectivity index (χ1n) is 7.24. The Hall–Kier alpha value is -2.11. The molecule has 0 aliphatic carbocycles. The number of aromatic nitrogens is 4. The third kappa shape index (κ3) is 4.18. The van der Waals surface area contributed by atoms with Crippen LogP contribution < -0.4 is 10.6 Å². The minimum absolute atomic E-state index is 0.0904. The van der Waals surface area contributed by atoms with Gasteiger partial charge in [-0.2, -0.15) is 5.10 Å². The van der Waals surface area contributed by atoms with Crippen molar-refractivity contribution >= 4 is 11.6 Å². The molecule has 21 heavy (non-hydrogen) atoms. The molecule has 2 aromatic heterocycles. The first kappa shape index (κ1) is 15.3. The summed E-state index contributed by atoms with van der Waals surface area (Å²) in [7, 11) is 1.91. The monoisotopic (exact) mass is 288 g/mol. The Bertz CT molecular complexity index is 596. The molecule has 2 rings (SSSR count). The zero-order valence-corrected chi connectivity index (χ0v) is 13.4. The Balaban J connectivity index is 2.19. The number of aryl methyl sites for hydroxylation is 1. The normalized spacial score (nSPS) is 11.5. The number of nitrogens with one attached hydrogen (secondary N) is 2. The summed E-state index contributed by atoms with van der Waals surface area (Å²) in [6, 6.07) is 3.92. The fourth-order valence-corrected chi connectivity index (χ4v) is 1.88. The predicted octanol–water partition coefficient (Wildman–Crippen LogP) is 2.55. The molecular formula is C15H24N6. The molecule has 114 valence electrons. The van der Waals surface area contributed by atoms with Gasteiger partial charge in [-0.3, -0.25) is 4.68 Å². The third-order valence-corrected chi connectivity index (χ3v) is 2.97. The van der Waals surface area contributed by atoms with E-state index in [1.165, 1.54) is 0 Å². The highest BCUT2D eigenvalue weighted by molar-refractivity contribution is 5.48. The first-order valence-corrected chi connectivity index (χ1v) is 7.24. The average molecular weight is 288 g/mol. The largest absolute Gasteiger partial charge is 0.370 e. The third-order valence-electron chi connectivity index (χ3n) is 2.97. The summed E-state index contributed by atoms with van der Waals surface area (Å²) in [5.74, 6) is 2.49. The van der Waals surface area contributed by atoms with E-state index in [2.05, 4.69) is 53.4 Å². The van der Waals surface area contributed by atoms with Crippen LogP contribution in [0.5, 0.6) is 0 Å². The van der Waals surface area contributed by atoms with E-state index in [9.17, 15) is 0 Å². The van der Waals surface area contributed by atoms with Crippen molar-refractivity contribution < 1.29 is 0 Å². The lowest BCUT2D eigenvalue weighted by atomic mass is 9.96. The minimum atomic E-state index is -0.0904. The van der Waals surface area contributed by atoms with E-state index in [1.54, 1.807) is 4.68 Å². The molecule has 0 saturated carbocycles. The van der Waals surface area contributed by atoms with Crippen molar-refractivity contribution in [2.24, 2.45) is 7.05 Å². The molecular weight excluding hydrogens is 264 g/mol. The van der Waals surface area contributed by atoms with Crippen molar-refractivity contribution in [2.75, 3.05) is 17.2 Å². The second-order valence-electron chi connectivity index (χ2n) is 6.08. The molecule has 0 radical (unpaired) electrons. The van der Waals surface area contributed by atoms with Gasteiger partial charge < -0.3 is 10.6 Å². The SMILES string of the molecule is CCNc1cc(NCc2ccn(C)n2)nc(C(C)(C)C)n1. The Morgan fingerprint density at radius 2 is 1.81 bits per heavy atom. The molecule has 0 unspecified atom stereocenters.